The number of rotatable bonds is 6. The van der Waals surface area contributed by atoms with Gasteiger partial charge in [0.15, 0.2) is 0 Å². The van der Waals surface area contributed by atoms with Crippen LogP contribution >= 0.6 is 11.6 Å². The molecule has 2 aromatic heterocycles. The molecule has 0 aliphatic rings. The molecule has 2 aromatic carbocycles. The van der Waals surface area contributed by atoms with Gasteiger partial charge in [-0.1, -0.05) is 23.7 Å². The highest BCUT2D eigenvalue weighted by molar-refractivity contribution is 6.25. The smallest absolute Gasteiger partial charge is 0.383 e. The van der Waals surface area contributed by atoms with Gasteiger partial charge in [-0.05, 0) is 42.0 Å². The van der Waals surface area contributed by atoms with Crippen LogP contribution in [0.25, 0.3) is 21.8 Å². The highest BCUT2D eigenvalue weighted by Gasteiger charge is 2.30. The highest BCUT2D eigenvalue weighted by Crippen LogP contribution is 2.30. The second kappa shape index (κ2) is 9.32. The van der Waals surface area contributed by atoms with E-state index in [9.17, 15) is 18.0 Å². The van der Waals surface area contributed by atoms with E-state index in [2.05, 4.69) is 10.1 Å². The van der Waals surface area contributed by atoms with Crippen molar-refractivity contribution < 1.29 is 22.8 Å². The van der Waals surface area contributed by atoms with Crippen molar-refractivity contribution in [2.45, 2.75) is 12.7 Å². The van der Waals surface area contributed by atoms with Crippen LogP contribution in [-0.4, -0.2) is 32.3 Å². The fraction of sp³-hybridized carbons (Fsp3) is 0.174. The molecule has 2 N–H and O–H groups in total. The molecule has 34 heavy (non-hydrogen) atoms. The minimum atomic E-state index is -4.45. The third kappa shape index (κ3) is 4.68. The molecule has 7 nitrogen and oxygen atoms in total. The first kappa shape index (κ1) is 23.5. The van der Waals surface area contributed by atoms with Crippen LogP contribution in [-0.2, 0) is 24.6 Å². The van der Waals surface area contributed by atoms with Gasteiger partial charge < -0.3 is 5.73 Å². The van der Waals surface area contributed by atoms with E-state index >= 15 is 0 Å². The third-order valence-electron chi connectivity index (χ3n) is 5.20. The summed E-state index contributed by atoms with van der Waals surface area (Å²) in [6.07, 6.45) is -1.36. The van der Waals surface area contributed by atoms with Gasteiger partial charge in [-0.3, -0.25) is 14.3 Å². The molecule has 0 unspecified atom stereocenters. The summed E-state index contributed by atoms with van der Waals surface area (Å²) in [4.78, 5) is 23.3. The normalized spacial score (nSPS) is 12.1. The van der Waals surface area contributed by atoms with E-state index in [0.717, 1.165) is 22.7 Å². The fourth-order valence-corrected chi connectivity index (χ4v) is 3.62. The number of alkyl halides is 3. The predicted octanol–water partition coefficient (Wildman–Crippen LogP) is 5.05. The number of carbonyl (C=O) groups is 1. The van der Waals surface area contributed by atoms with Crippen LogP contribution in [0, 0.1) is 0 Å². The topological polar surface area (TPSA) is 86.3 Å². The largest absolute Gasteiger partial charge is 0.416 e. The van der Waals surface area contributed by atoms with Crippen molar-refractivity contribution in [2.75, 3.05) is 12.3 Å². The molecule has 2 heterocycles. The van der Waals surface area contributed by atoms with Gasteiger partial charge >= 0.3 is 6.18 Å². The zero-order valence-electron chi connectivity index (χ0n) is 17.9. The Labute approximate surface area is 197 Å². The Morgan fingerprint density at radius 2 is 1.94 bits per heavy atom. The van der Waals surface area contributed by atoms with Gasteiger partial charge in [0.1, 0.15) is 5.82 Å². The molecule has 0 atom stereocenters. The van der Waals surface area contributed by atoms with Crippen LogP contribution in [0.1, 0.15) is 21.5 Å². The van der Waals surface area contributed by atoms with Crippen LogP contribution in [0.3, 0.4) is 0 Å². The van der Waals surface area contributed by atoms with Crippen LogP contribution in [0.5, 0.6) is 0 Å². The zero-order valence-corrected chi connectivity index (χ0v) is 18.6. The van der Waals surface area contributed by atoms with E-state index in [1.165, 1.54) is 23.7 Å². The number of hydrogen-bond acceptors (Lipinski definition) is 5. The highest BCUT2D eigenvalue weighted by atomic mass is 35.5. The first-order valence-electron chi connectivity index (χ1n) is 10.1. The first-order chi connectivity index (χ1) is 16.2. The number of hydrogen-bond donors (Lipinski definition) is 1. The zero-order chi connectivity index (χ0) is 24.5. The number of hydroxylamine groups is 2. The summed E-state index contributed by atoms with van der Waals surface area (Å²) in [5, 5.41) is 6.63. The lowest BCUT2D eigenvalue weighted by molar-refractivity contribution is -0.137. The predicted molar refractivity (Wildman–Crippen MR) is 123 cm³/mol. The van der Waals surface area contributed by atoms with Crippen molar-refractivity contribution in [2.24, 2.45) is 7.05 Å². The Morgan fingerprint density at radius 3 is 2.62 bits per heavy atom. The maximum absolute atomic E-state index is 13.3. The van der Waals surface area contributed by atoms with E-state index < -0.39 is 17.6 Å². The molecule has 0 bridgehead atoms. The van der Waals surface area contributed by atoms with Gasteiger partial charge in [0, 0.05) is 23.5 Å². The molecule has 1 amide bonds. The lowest BCUT2D eigenvalue weighted by Crippen LogP contribution is -2.31. The maximum atomic E-state index is 13.3. The van der Waals surface area contributed by atoms with E-state index in [0.29, 0.717) is 33.2 Å². The summed E-state index contributed by atoms with van der Waals surface area (Å²) in [5.41, 5.74) is 8.55. The molecule has 4 rings (SSSR count). The van der Waals surface area contributed by atoms with E-state index in [-0.39, 0.29) is 13.2 Å². The minimum absolute atomic E-state index is 0.00643. The number of fused-ring (bicyclic) bond motifs is 3. The van der Waals surface area contributed by atoms with Gasteiger partial charge in [0.25, 0.3) is 5.91 Å². The Balaban J connectivity index is 1.69. The summed E-state index contributed by atoms with van der Waals surface area (Å²) in [6.45, 7) is -0.0836. The number of anilines is 1. The number of nitrogens with zero attached hydrogens (tertiary/aromatic N) is 4. The van der Waals surface area contributed by atoms with E-state index in [1.54, 1.807) is 36.1 Å². The fourth-order valence-electron chi connectivity index (χ4n) is 3.55. The van der Waals surface area contributed by atoms with Crippen molar-refractivity contribution in [1.29, 1.82) is 0 Å². The summed E-state index contributed by atoms with van der Waals surface area (Å²) >= 11 is 5.54. The molecule has 4 aromatic rings. The molecule has 0 spiro atoms. The Hall–Kier alpha value is -3.63. The number of carbonyl (C=O) groups excluding carboxylic acids is 1. The number of benzene rings is 2. The van der Waals surface area contributed by atoms with Gasteiger partial charge in [-0.2, -0.15) is 18.3 Å². The number of nitrogen functional groups attached to an aromatic ring is 1. The second-order valence-corrected chi connectivity index (χ2v) is 7.71. The average Bonchev–Trinajstić information content (AvgIpc) is 3.20. The summed E-state index contributed by atoms with van der Waals surface area (Å²) in [7, 11) is 1.76. The van der Waals surface area contributed by atoms with Crippen molar-refractivity contribution in [3.8, 4) is 0 Å². The van der Waals surface area contributed by atoms with Gasteiger partial charge in [0.2, 0.25) is 0 Å². The molecular weight excluding hydrogens is 471 g/mol. The summed E-state index contributed by atoms with van der Waals surface area (Å²) < 4.78 is 40.3. The Morgan fingerprint density at radius 1 is 1.21 bits per heavy atom. The van der Waals surface area contributed by atoms with E-state index in [4.69, 9.17) is 22.2 Å². The van der Waals surface area contributed by atoms with Gasteiger partial charge in [-0.15, -0.1) is 0 Å². The lowest BCUT2D eigenvalue weighted by atomic mass is 10.1. The molecule has 0 saturated heterocycles. The van der Waals surface area contributed by atoms with E-state index in [1.807, 2.05) is 0 Å². The number of halogens is 4. The minimum Gasteiger partial charge on any atom is -0.383 e. The SMILES string of the molecule is Cn1ncc2c(N)nc3ccc(C(=O)N(Cc4ccc(C(F)(F)F)cc4)OC/C=C/Cl)cc3c21. The Kier molecular flexibility index (Phi) is 6.45. The molecule has 0 aliphatic heterocycles. The molecule has 176 valence electrons. The molecule has 0 radical (unpaired) electrons. The van der Waals surface area contributed by atoms with Crippen molar-refractivity contribution in [3.63, 3.8) is 0 Å². The summed E-state index contributed by atoms with van der Waals surface area (Å²) in [6, 6.07) is 9.44. The maximum Gasteiger partial charge on any atom is 0.416 e. The molecule has 0 fully saturated rings. The number of aryl methyl sites for hydroxylation is 1. The third-order valence-corrected chi connectivity index (χ3v) is 5.38. The number of nitrogens with two attached hydrogens (primary N) is 1. The monoisotopic (exact) mass is 489 g/mol. The number of aromatic nitrogens is 3. The van der Waals surface area contributed by atoms with Crippen LogP contribution < -0.4 is 5.73 Å². The second-order valence-electron chi connectivity index (χ2n) is 7.45. The quantitative estimate of drug-likeness (QED) is 0.383. The molecular formula is C23H19ClF3N5O2. The first-order valence-corrected chi connectivity index (χ1v) is 10.5. The van der Waals surface area contributed by atoms with Gasteiger partial charge in [-0.25, -0.2) is 10.0 Å². The van der Waals surface area contributed by atoms with Gasteiger partial charge in [0.05, 0.1) is 41.3 Å². The van der Waals surface area contributed by atoms with Crippen LogP contribution in [0.2, 0.25) is 0 Å². The Bertz CT molecular complexity index is 1380. The van der Waals surface area contributed by atoms with Crippen LogP contribution in [0.4, 0.5) is 19.0 Å². The van der Waals surface area contributed by atoms with Crippen molar-refractivity contribution in [1.82, 2.24) is 19.8 Å². The molecule has 0 saturated carbocycles. The number of amides is 1. The standard InChI is InChI=1S/C23H19ClF3N5O2/c1-31-20-17-11-15(5-8-19(17)30-21(28)18(20)12-29-31)22(33)32(34-10-2-9-24)13-14-3-6-16(7-4-14)23(25,26)27/h2-9,11-12H,10,13H2,1H3,(H2,28,30)/b9-2+. The lowest BCUT2D eigenvalue weighted by Gasteiger charge is -2.22. The van der Waals surface area contributed by atoms with Crippen LogP contribution in [0.15, 0.2) is 60.3 Å². The summed E-state index contributed by atoms with van der Waals surface area (Å²) in [5.74, 6) is -0.160. The van der Waals surface area contributed by atoms with Crippen molar-refractivity contribution in [3.05, 3.63) is 77.0 Å². The number of pyridine rings is 1. The van der Waals surface area contributed by atoms with Crippen molar-refractivity contribution >= 4 is 45.1 Å². The molecule has 0 aliphatic carbocycles. The molecule has 11 heteroatoms. The average molecular weight is 490 g/mol.